The molecule has 0 saturated heterocycles. The summed E-state index contributed by atoms with van der Waals surface area (Å²) < 4.78 is 5.32. The van der Waals surface area contributed by atoms with Gasteiger partial charge in [0.25, 0.3) is 0 Å². The van der Waals surface area contributed by atoms with Crippen LogP contribution in [-0.2, 0) is 22.4 Å². The van der Waals surface area contributed by atoms with Crippen molar-refractivity contribution in [3.05, 3.63) is 52.7 Å². The number of hydrogen-bond acceptors (Lipinski definition) is 6. The molecule has 4 rings (SSSR count). The highest BCUT2D eigenvalue weighted by Crippen LogP contribution is 2.44. The molecule has 0 unspecified atom stereocenters. The number of aromatic nitrogens is 2. The van der Waals surface area contributed by atoms with Gasteiger partial charge in [-0.3, -0.25) is 4.79 Å². The maximum Gasteiger partial charge on any atom is 0.324 e. The molecule has 0 amide bonds. The minimum absolute atomic E-state index is 0.225. The third-order valence-electron chi connectivity index (χ3n) is 4.30. The van der Waals surface area contributed by atoms with Gasteiger partial charge in [-0.15, -0.1) is 11.3 Å². The number of benzene rings is 1. The molecule has 0 aliphatic heterocycles. The summed E-state index contributed by atoms with van der Waals surface area (Å²) in [5.74, 6) is -0.225. The van der Waals surface area contributed by atoms with E-state index in [0.29, 0.717) is 6.61 Å². The van der Waals surface area contributed by atoms with Crippen LogP contribution in [0, 0.1) is 0 Å². The van der Waals surface area contributed by atoms with Crippen molar-refractivity contribution < 1.29 is 9.53 Å². The summed E-state index contributed by atoms with van der Waals surface area (Å²) in [6.07, 6.45) is 4.99. The molecule has 6 heteroatoms. The molecule has 3 aromatic rings. The van der Waals surface area contributed by atoms with E-state index in [1.807, 2.05) is 37.3 Å². The predicted octanol–water partition coefficient (Wildman–Crippen LogP) is 4.58. The van der Waals surface area contributed by atoms with Crippen molar-refractivity contribution in [2.75, 3.05) is 6.61 Å². The highest BCUT2D eigenvalue weighted by atomic mass is 32.2. The number of aryl methyl sites for hydroxylation is 2. The van der Waals surface area contributed by atoms with Gasteiger partial charge < -0.3 is 4.74 Å². The second-order valence-corrected chi connectivity index (χ2v) is 8.05. The van der Waals surface area contributed by atoms with E-state index in [1.54, 1.807) is 17.7 Å². The third kappa shape index (κ3) is 3.16. The van der Waals surface area contributed by atoms with E-state index >= 15 is 0 Å². The highest BCUT2D eigenvalue weighted by Gasteiger charge is 2.27. The molecule has 0 spiro atoms. The fraction of sp³-hybridized carbons (Fsp3) is 0.316. The van der Waals surface area contributed by atoms with Crippen LogP contribution in [-0.4, -0.2) is 22.5 Å². The van der Waals surface area contributed by atoms with Crippen molar-refractivity contribution in [1.29, 1.82) is 0 Å². The Bertz CT molecular complexity index is 908. The zero-order chi connectivity index (χ0) is 17.2. The number of esters is 1. The monoisotopic (exact) mass is 370 g/mol. The Morgan fingerprint density at radius 1 is 1.28 bits per heavy atom. The average molecular weight is 370 g/mol. The first-order valence-corrected chi connectivity index (χ1v) is 10.1. The average Bonchev–Trinajstić information content (AvgIpc) is 3.21. The number of carbonyl (C=O) groups is 1. The lowest BCUT2D eigenvalue weighted by Gasteiger charge is -2.15. The Kier molecular flexibility index (Phi) is 4.72. The van der Waals surface area contributed by atoms with Crippen molar-refractivity contribution in [3.63, 3.8) is 0 Å². The molecular formula is C19H18N2O2S2. The Balaban J connectivity index is 1.75. The zero-order valence-corrected chi connectivity index (χ0v) is 15.5. The van der Waals surface area contributed by atoms with E-state index in [2.05, 4.69) is 9.97 Å². The molecule has 128 valence electrons. The van der Waals surface area contributed by atoms with Crippen LogP contribution in [0.4, 0.5) is 0 Å². The van der Waals surface area contributed by atoms with Gasteiger partial charge in [0.15, 0.2) is 0 Å². The highest BCUT2D eigenvalue weighted by molar-refractivity contribution is 8.00. The Morgan fingerprint density at radius 2 is 2.12 bits per heavy atom. The molecule has 0 radical (unpaired) electrons. The van der Waals surface area contributed by atoms with E-state index in [1.165, 1.54) is 28.6 Å². The summed E-state index contributed by atoms with van der Waals surface area (Å²) in [5.41, 5.74) is 2.31. The molecule has 25 heavy (non-hydrogen) atoms. The summed E-state index contributed by atoms with van der Waals surface area (Å²) >= 11 is 3.23. The quantitative estimate of drug-likeness (QED) is 0.374. The Hall–Kier alpha value is -1.92. The summed E-state index contributed by atoms with van der Waals surface area (Å²) in [6.45, 7) is 2.20. The number of carbonyl (C=O) groups excluding carboxylic acids is 1. The van der Waals surface area contributed by atoms with Gasteiger partial charge in [-0.2, -0.15) is 0 Å². The number of rotatable bonds is 5. The topological polar surface area (TPSA) is 52.1 Å². The third-order valence-corrected chi connectivity index (χ3v) is 6.73. The number of nitrogens with zero attached hydrogens (tertiary/aromatic N) is 2. The molecule has 1 aliphatic rings. The lowest BCUT2D eigenvalue weighted by atomic mass is 10.1. The van der Waals surface area contributed by atoms with Crippen LogP contribution in [0.2, 0.25) is 0 Å². The van der Waals surface area contributed by atoms with Crippen LogP contribution in [0.25, 0.3) is 10.2 Å². The van der Waals surface area contributed by atoms with E-state index in [4.69, 9.17) is 4.74 Å². The van der Waals surface area contributed by atoms with Gasteiger partial charge in [0.2, 0.25) is 0 Å². The SMILES string of the molecule is CCOC(=O)[C@H](Sc1ncnc2sc3c(c12)CCC3)c1ccccc1. The first-order valence-electron chi connectivity index (χ1n) is 8.41. The van der Waals surface area contributed by atoms with Crippen molar-refractivity contribution in [2.45, 2.75) is 36.5 Å². The molecule has 1 atom stereocenters. The Labute approximate surface area is 154 Å². The minimum Gasteiger partial charge on any atom is -0.465 e. The number of fused-ring (bicyclic) bond motifs is 3. The molecule has 2 aromatic heterocycles. The van der Waals surface area contributed by atoms with Crippen molar-refractivity contribution in [1.82, 2.24) is 9.97 Å². The van der Waals surface area contributed by atoms with Crippen LogP contribution in [0.15, 0.2) is 41.7 Å². The molecule has 0 N–H and O–H groups in total. The van der Waals surface area contributed by atoms with Crippen LogP contribution in [0.3, 0.4) is 0 Å². The van der Waals surface area contributed by atoms with Crippen molar-refractivity contribution in [3.8, 4) is 0 Å². The summed E-state index contributed by atoms with van der Waals surface area (Å²) in [6, 6.07) is 9.76. The van der Waals surface area contributed by atoms with Crippen molar-refractivity contribution in [2.24, 2.45) is 0 Å². The van der Waals surface area contributed by atoms with E-state index in [0.717, 1.165) is 33.6 Å². The van der Waals surface area contributed by atoms with Gasteiger partial charge in [-0.1, -0.05) is 42.1 Å². The van der Waals surface area contributed by atoms with Gasteiger partial charge in [0.1, 0.15) is 21.4 Å². The number of ether oxygens (including phenoxy) is 1. The molecule has 2 heterocycles. The largest absolute Gasteiger partial charge is 0.465 e. The van der Waals surface area contributed by atoms with E-state index in [9.17, 15) is 4.79 Å². The van der Waals surface area contributed by atoms with Gasteiger partial charge in [0.05, 0.1) is 6.61 Å². The second kappa shape index (κ2) is 7.14. The smallest absolute Gasteiger partial charge is 0.324 e. The van der Waals surface area contributed by atoms with Gasteiger partial charge in [-0.05, 0) is 37.3 Å². The lowest BCUT2D eigenvalue weighted by Crippen LogP contribution is -2.13. The second-order valence-electron chi connectivity index (χ2n) is 5.88. The van der Waals surface area contributed by atoms with Gasteiger partial charge in [0, 0.05) is 10.3 Å². The van der Waals surface area contributed by atoms with E-state index < -0.39 is 5.25 Å². The fourth-order valence-corrected chi connectivity index (χ4v) is 5.62. The van der Waals surface area contributed by atoms with Gasteiger partial charge in [-0.25, -0.2) is 9.97 Å². The number of thioether (sulfide) groups is 1. The van der Waals surface area contributed by atoms with Crippen LogP contribution >= 0.6 is 23.1 Å². The molecule has 1 aromatic carbocycles. The normalized spacial score (nSPS) is 14.4. The first kappa shape index (κ1) is 16.5. The maximum absolute atomic E-state index is 12.6. The van der Waals surface area contributed by atoms with Crippen LogP contribution < -0.4 is 0 Å². The molecule has 0 fully saturated rings. The summed E-state index contributed by atoms with van der Waals surface area (Å²) in [5, 5.41) is 1.60. The van der Waals surface area contributed by atoms with Gasteiger partial charge >= 0.3 is 5.97 Å². The minimum atomic E-state index is -0.420. The Morgan fingerprint density at radius 3 is 2.92 bits per heavy atom. The van der Waals surface area contributed by atoms with Crippen LogP contribution in [0.1, 0.15) is 34.6 Å². The molecular weight excluding hydrogens is 352 g/mol. The summed E-state index contributed by atoms with van der Waals surface area (Å²) in [7, 11) is 0. The first-order chi connectivity index (χ1) is 12.3. The lowest BCUT2D eigenvalue weighted by molar-refractivity contribution is -0.142. The standard InChI is InChI=1S/C19H18N2O2S2/c1-2-23-19(22)16(12-7-4-3-5-8-12)25-18-15-13-9-6-10-14(13)24-17(15)20-11-21-18/h3-5,7-8,11,16H,2,6,9-10H2,1H3/t16-/m1/s1. The summed E-state index contributed by atoms with van der Waals surface area (Å²) in [4.78, 5) is 24.0. The molecule has 0 bridgehead atoms. The van der Waals surface area contributed by atoms with E-state index in [-0.39, 0.29) is 5.97 Å². The number of thiophene rings is 1. The van der Waals surface area contributed by atoms with Crippen LogP contribution in [0.5, 0.6) is 0 Å². The zero-order valence-electron chi connectivity index (χ0n) is 13.9. The molecule has 1 aliphatic carbocycles. The predicted molar refractivity (Wildman–Crippen MR) is 101 cm³/mol. The maximum atomic E-state index is 12.6. The van der Waals surface area contributed by atoms with Crippen molar-refractivity contribution >= 4 is 39.3 Å². The molecule has 4 nitrogen and oxygen atoms in total. The number of hydrogen-bond donors (Lipinski definition) is 0. The molecule has 0 saturated carbocycles. The fourth-order valence-electron chi connectivity index (χ4n) is 3.20.